The van der Waals surface area contributed by atoms with E-state index in [9.17, 15) is 19.2 Å². The molecule has 39 heavy (non-hydrogen) atoms. The number of benzene rings is 2. The normalized spacial score (nSPS) is 10.3. The monoisotopic (exact) mass is 538 g/mol. The van der Waals surface area contributed by atoms with Crippen molar-refractivity contribution in [2.45, 2.75) is 12.8 Å². The zero-order valence-electron chi connectivity index (χ0n) is 21.6. The van der Waals surface area contributed by atoms with Crippen LogP contribution >= 0.6 is 0 Å². The molecule has 0 aromatic heterocycles. The SMILES string of the molecule is C=CC(=O)OCCOc1ccc(OC(=O)/C=C/c2ccc(OCCCOC(=O)C(=C)CC(=O)OC)cc2)cc1. The van der Waals surface area contributed by atoms with Gasteiger partial charge in [0.15, 0.2) is 0 Å². The van der Waals surface area contributed by atoms with Crippen LogP contribution in [-0.4, -0.2) is 57.4 Å². The molecule has 10 nitrogen and oxygen atoms in total. The second-order valence-corrected chi connectivity index (χ2v) is 7.71. The first-order chi connectivity index (χ1) is 18.8. The standard InChI is InChI=1S/C29H30O10/c1-4-26(30)37-19-18-36-24-11-13-25(14-12-24)39-27(31)15-8-22-6-9-23(10-7-22)35-16-5-17-38-29(33)21(2)20-28(32)34-3/h4,6-15H,1-2,5,16-20H2,3H3/b15-8+. The summed E-state index contributed by atoms with van der Waals surface area (Å²) in [6.45, 7) is 7.51. The van der Waals surface area contributed by atoms with Crippen LogP contribution in [0.3, 0.4) is 0 Å². The van der Waals surface area contributed by atoms with E-state index in [0.717, 1.165) is 11.6 Å². The van der Waals surface area contributed by atoms with Gasteiger partial charge in [-0.25, -0.2) is 14.4 Å². The van der Waals surface area contributed by atoms with Crippen molar-refractivity contribution in [3.05, 3.63) is 85.0 Å². The number of methoxy groups -OCH3 is 1. The van der Waals surface area contributed by atoms with E-state index < -0.39 is 23.9 Å². The molecule has 0 unspecified atom stereocenters. The van der Waals surface area contributed by atoms with Crippen LogP contribution in [0.4, 0.5) is 0 Å². The highest BCUT2D eigenvalue weighted by Crippen LogP contribution is 2.18. The van der Waals surface area contributed by atoms with E-state index in [-0.39, 0.29) is 31.8 Å². The van der Waals surface area contributed by atoms with Gasteiger partial charge in [0.05, 0.1) is 26.7 Å². The van der Waals surface area contributed by atoms with Gasteiger partial charge in [0.1, 0.15) is 30.5 Å². The summed E-state index contributed by atoms with van der Waals surface area (Å²) in [6, 6.07) is 13.5. The third-order valence-corrected chi connectivity index (χ3v) is 4.76. The van der Waals surface area contributed by atoms with Crippen molar-refractivity contribution in [3.63, 3.8) is 0 Å². The second-order valence-electron chi connectivity index (χ2n) is 7.71. The highest BCUT2D eigenvalue weighted by molar-refractivity contribution is 5.93. The lowest BCUT2D eigenvalue weighted by Gasteiger charge is -2.08. The lowest BCUT2D eigenvalue weighted by atomic mass is 10.2. The minimum atomic E-state index is -0.651. The average Bonchev–Trinajstić information content (AvgIpc) is 2.95. The quantitative estimate of drug-likeness (QED) is 0.102. The highest BCUT2D eigenvalue weighted by Gasteiger charge is 2.13. The summed E-state index contributed by atoms with van der Waals surface area (Å²) in [5.41, 5.74) is 0.790. The van der Waals surface area contributed by atoms with Gasteiger partial charge in [0.2, 0.25) is 0 Å². The lowest BCUT2D eigenvalue weighted by Crippen LogP contribution is -2.13. The van der Waals surface area contributed by atoms with E-state index in [4.69, 9.17) is 23.7 Å². The molecule has 0 atom stereocenters. The van der Waals surface area contributed by atoms with Crippen molar-refractivity contribution < 1.29 is 47.6 Å². The number of rotatable bonds is 16. The molecule has 10 heteroatoms. The molecular weight excluding hydrogens is 508 g/mol. The van der Waals surface area contributed by atoms with Gasteiger partial charge in [-0.05, 0) is 48.0 Å². The fourth-order valence-electron chi connectivity index (χ4n) is 2.79. The van der Waals surface area contributed by atoms with Crippen molar-refractivity contribution >= 4 is 30.0 Å². The predicted molar refractivity (Wildman–Crippen MR) is 141 cm³/mol. The van der Waals surface area contributed by atoms with E-state index >= 15 is 0 Å². The molecule has 2 aromatic carbocycles. The minimum absolute atomic E-state index is 0.0280. The van der Waals surface area contributed by atoms with Crippen LogP contribution in [0.25, 0.3) is 6.08 Å². The molecule has 0 spiro atoms. The Labute approximate surface area is 226 Å². The summed E-state index contributed by atoms with van der Waals surface area (Å²) in [6.07, 6.45) is 4.21. The van der Waals surface area contributed by atoms with Crippen LogP contribution in [0.15, 0.2) is 79.4 Å². The van der Waals surface area contributed by atoms with Gasteiger partial charge in [-0.2, -0.15) is 0 Å². The molecule has 0 aliphatic heterocycles. The zero-order chi connectivity index (χ0) is 28.5. The van der Waals surface area contributed by atoms with Crippen LogP contribution in [-0.2, 0) is 33.4 Å². The Bertz CT molecular complexity index is 1160. The Hall–Kier alpha value is -4.86. The van der Waals surface area contributed by atoms with Gasteiger partial charge in [0.25, 0.3) is 0 Å². The molecule has 0 N–H and O–H groups in total. The first-order valence-corrected chi connectivity index (χ1v) is 11.9. The van der Waals surface area contributed by atoms with Crippen molar-refractivity contribution in [3.8, 4) is 17.2 Å². The summed E-state index contributed by atoms with van der Waals surface area (Å²) in [5, 5.41) is 0. The third-order valence-electron chi connectivity index (χ3n) is 4.76. The fourth-order valence-corrected chi connectivity index (χ4v) is 2.79. The molecule has 0 saturated heterocycles. The minimum Gasteiger partial charge on any atom is -0.493 e. The first-order valence-electron chi connectivity index (χ1n) is 11.9. The van der Waals surface area contributed by atoms with E-state index in [1.54, 1.807) is 54.6 Å². The predicted octanol–water partition coefficient (Wildman–Crippen LogP) is 3.84. The molecule has 2 aromatic rings. The Balaban J connectivity index is 1.67. The maximum absolute atomic E-state index is 12.1. The molecule has 0 amide bonds. The molecule has 206 valence electrons. The Kier molecular flexibility index (Phi) is 13.1. The summed E-state index contributed by atoms with van der Waals surface area (Å²) in [4.78, 5) is 46.0. The van der Waals surface area contributed by atoms with Gasteiger partial charge in [-0.3, -0.25) is 4.79 Å². The largest absolute Gasteiger partial charge is 0.493 e. The van der Waals surface area contributed by atoms with Crippen LogP contribution in [0.2, 0.25) is 0 Å². The molecule has 0 radical (unpaired) electrons. The van der Waals surface area contributed by atoms with Crippen LogP contribution < -0.4 is 14.2 Å². The van der Waals surface area contributed by atoms with Crippen molar-refractivity contribution in [2.75, 3.05) is 33.5 Å². The third kappa shape index (κ3) is 12.3. The number of hydrogen-bond donors (Lipinski definition) is 0. The zero-order valence-corrected chi connectivity index (χ0v) is 21.6. The molecule has 0 fully saturated rings. The molecule has 0 aliphatic carbocycles. The highest BCUT2D eigenvalue weighted by atomic mass is 16.6. The number of carbonyl (C=O) groups excluding carboxylic acids is 4. The molecular formula is C29H30O10. The smallest absolute Gasteiger partial charge is 0.336 e. The number of carbonyl (C=O) groups is 4. The van der Waals surface area contributed by atoms with E-state index in [0.29, 0.717) is 30.3 Å². The van der Waals surface area contributed by atoms with Crippen LogP contribution in [0.1, 0.15) is 18.4 Å². The Morgan fingerprint density at radius 2 is 1.38 bits per heavy atom. The van der Waals surface area contributed by atoms with Gasteiger partial charge >= 0.3 is 23.9 Å². The van der Waals surface area contributed by atoms with E-state index in [2.05, 4.69) is 17.9 Å². The molecule has 0 heterocycles. The molecule has 2 rings (SSSR count). The number of esters is 4. The van der Waals surface area contributed by atoms with E-state index in [1.807, 2.05) is 0 Å². The number of ether oxygens (including phenoxy) is 6. The fraction of sp³-hybridized carbons (Fsp3) is 0.241. The lowest BCUT2D eigenvalue weighted by molar-refractivity contribution is -0.144. The Morgan fingerprint density at radius 3 is 2.03 bits per heavy atom. The maximum atomic E-state index is 12.1. The Morgan fingerprint density at radius 1 is 0.769 bits per heavy atom. The second kappa shape index (κ2) is 16.8. The first kappa shape index (κ1) is 30.4. The molecule has 0 saturated carbocycles. The van der Waals surface area contributed by atoms with Gasteiger partial charge < -0.3 is 28.4 Å². The van der Waals surface area contributed by atoms with Crippen LogP contribution in [0.5, 0.6) is 17.2 Å². The maximum Gasteiger partial charge on any atom is 0.336 e. The number of hydrogen-bond acceptors (Lipinski definition) is 10. The molecule has 0 aliphatic rings. The van der Waals surface area contributed by atoms with Crippen molar-refractivity contribution in [1.29, 1.82) is 0 Å². The summed E-state index contributed by atoms with van der Waals surface area (Å²) >= 11 is 0. The average molecular weight is 539 g/mol. The van der Waals surface area contributed by atoms with Gasteiger partial charge in [0, 0.05) is 24.1 Å². The van der Waals surface area contributed by atoms with Gasteiger partial charge in [-0.1, -0.05) is 25.3 Å². The molecule has 0 bridgehead atoms. The van der Waals surface area contributed by atoms with Gasteiger partial charge in [-0.15, -0.1) is 0 Å². The topological polar surface area (TPSA) is 124 Å². The van der Waals surface area contributed by atoms with Crippen LogP contribution in [0, 0.1) is 0 Å². The van der Waals surface area contributed by atoms with E-state index in [1.165, 1.54) is 13.2 Å². The summed E-state index contributed by atoms with van der Waals surface area (Å²) < 4.78 is 30.6. The van der Waals surface area contributed by atoms with Crippen molar-refractivity contribution in [1.82, 2.24) is 0 Å². The van der Waals surface area contributed by atoms with Crippen molar-refractivity contribution in [2.24, 2.45) is 0 Å². The summed E-state index contributed by atoms with van der Waals surface area (Å²) in [5.74, 6) is -0.796. The summed E-state index contributed by atoms with van der Waals surface area (Å²) in [7, 11) is 1.23.